The lowest BCUT2D eigenvalue weighted by molar-refractivity contribution is -0.139. The smallest absolute Gasteiger partial charge is 0.264 e. The molecular formula is C26H27BrClN3O4S. The van der Waals surface area contributed by atoms with Crippen molar-refractivity contribution in [1.82, 2.24) is 10.2 Å². The third-order valence-electron chi connectivity index (χ3n) is 5.51. The number of nitrogens with zero attached hydrogens (tertiary/aromatic N) is 2. The fourth-order valence-electron chi connectivity index (χ4n) is 3.55. The summed E-state index contributed by atoms with van der Waals surface area (Å²) in [5.41, 5.74) is 1.08. The number of halogens is 2. The molecule has 2 amide bonds. The molecule has 0 aliphatic rings. The fraction of sp³-hybridized carbons (Fsp3) is 0.231. The lowest BCUT2D eigenvalue weighted by Gasteiger charge is -2.32. The van der Waals surface area contributed by atoms with Gasteiger partial charge in [-0.25, -0.2) is 8.42 Å². The van der Waals surface area contributed by atoms with Crippen molar-refractivity contribution in [3.8, 4) is 0 Å². The number of nitrogens with one attached hydrogen (secondary N) is 1. The average molecular weight is 593 g/mol. The van der Waals surface area contributed by atoms with Crippen molar-refractivity contribution in [2.45, 2.75) is 31.3 Å². The summed E-state index contributed by atoms with van der Waals surface area (Å²) in [4.78, 5) is 27.8. The Morgan fingerprint density at radius 1 is 0.972 bits per heavy atom. The lowest BCUT2D eigenvalue weighted by Crippen LogP contribution is -2.51. The monoisotopic (exact) mass is 591 g/mol. The maximum Gasteiger partial charge on any atom is 0.264 e. The molecule has 3 rings (SSSR count). The van der Waals surface area contributed by atoms with Gasteiger partial charge < -0.3 is 10.2 Å². The Hall–Kier alpha value is -2.88. The minimum atomic E-state index is -4.08. The van der Waals surface area contributed by atoms with Gasteiger partial charge in [0.1, 0.15) is 12.6 Å². The van der Waals surface area contributed by atoms with Crippen LogP contribution in [-0.2, 0) is 26.2 Å². The van der Waals surface area contributed by atoms with E-state index in [0.717, 1.165) is 14.3 Å². The predicted octanol–water partition coefficient (Wildman–Crippen LogP) is 4.85. The van der Waals surface area contributed by atoms with E-state index in [-0.39, 0.29) is 17.3 Å². The van der Waals surface area contributed by atoms with Crippen LogP contribution in [0.1, 0.15) is 19.4 Å². The summed E-state index contributed by atoms with van der Waals surface area (Å²) in [7, 11) is -4.08. The molecule has 190 valence electrons. The third-order valence-corrected chi connectivity index (χ3v) is 8.08. The molecular weight excluding hydrogens is 566 g/mol. The van der Waals surface area contributed by atoms with Gasteiger partial charge in [0, 0.05) is 22.6 Å². The van der Waals surface area contributed by atoms with E-state index in [9.17, 15) is 18.0 Å². The van der Waals surface area contributed by atoms with E-state index >= 15 is 0 Å². The van der Waals surface area contributed by atoms with Crippen LogP contribution in [0, 0.1) is 0 Å². The molecule has 0 aliphatic heterocycles. The summed E-state index contributed by atoms with van der Waals surface area (Å²) in [6, 6.07) is 20.7. The number of hydrogen-bond donors (Lipinski definition) is 1. The summed E-state index contributed by atoms with van der Waals surface area (Å²) < 4.78 is 29.1. The van der Waals surface area contributed by atoms with Gasteiger partial charge in [0.2, 0.25) is 11.8 Å². The van der Waals surface area contributed by atoms with Crippen molar-refractivity contribution in [3.63, 3.8) is 0 Å². The Kier molecular flexibility index (Phi) is 9.53. The zero-order valence-corrected chi connectivity index (χ0v) is 23.1. The molecule has 1 atom stereocenters. The quantitative estimate of drug-likeness (QED) is 0.365. The van der Waals surface area contributed by atoms with Crippen LogP contribution in [0.15, 0.2) is 88.2 Å². The van der Waals surface area contributed by atoms with Gasteiger partial charge in [0.05, 0.1) is 10.6 Å². The first-order valence-corrected chi connectivity index (χ1v) is 13.9. The third kappa shape index (κ3) is 6.87. The highest BCUT2D eigenvalue weighted by Crippen LogP contribution is 2.26. The van der Waals surface area contributed by atoms with Crippen LogP contribution in [0.5, 0.6) is 0 Å². The van der Waals surface area contributed by atoms with Crippen molar-refractivity contribution in [2.24, 2.45) is 0 Å². The number of likely N-dealkylation sites (N-methyl/N-ethyl adjacent to an activating group) is 1. The van der Waals surface area contributed by atoms with Gasteiger partial charge in [-0.1, -0.05) is 57.9 Å². The van der Waals surface area contributed by atoms with Crippen molar-refractivity contribution in [2.75, 3.05) is 17.4 Å². The molecule has 0 radical (unpaired) electrons. The van der Waals surface area contributed by atoms with E-state index in [0.29, 0.717) is 17.3 Å². The van der Waals surface area contributed by atoms with Gasteiger partial charge in [0.25, 0.3) is 10.0 Å². The van der Waals surface area contributed by atoms with E-state index in [4.69, 9.17) is 11.6 Å². The Balaban J connectivity index is 2.00. The molecule has 0 spiro atoms. The first-order valence-electron chi connectivity index (χ1n) is 11.3. The van der Waals surface area contributed by atoms with Crippen LogP contribution in [-0.4, -0.2) is 44.3 Å². The SMILES string of the molecule is CCNC(=O)C(C)N(Cc1ccc(Cl)cc1)C(=O)CN(c1ccc(Br)cc1)S(=O)(=O)c1ccccc1. The summed E-state index contributed by atoms with van der Waals surface area (Å²) in [6.45, 7) is 3.43. The number of hydrogen-bond acceptors (Lipinski definition) is 4. The second kappa shape index (κ2) is 12.4. The number of carbonyl (C=O) groups is 2. The van der Waals surface area contributed by atoms with Gasteiger partial charge in [0.15, 0.2) is 0 Å². The number of carbonyl (C=O) groups excluding carboxylic acids is 2. The second-order valence-corrected chi connectivity index (χ2v) is 11.2. The minimum Gasteiger partial charge on any atom is -0.355 e. The zero-order valence-electron chi connectivity index (χ0n) is 19.9. The van der Waals surface area contributed by atoms with E-state index in [1.807, 2.05) is 0 Å². The molecule has 0 saturated heterocycles. The Morgan fingerprint density at radius 2 is 1.58 bits per heavy atom. The van der Waals surface area contributed by atoms with Crippen LogP contribution in [0.25, 0.3) is 0 Å². The van der Waals surface area contributed by atoms with Crippen LogP contribution >= 0.6 is 27.5 Å². The molecule has 1 unspecified atom stereocenters. The largest absolute Gasteiger partial charge is 0.355 e. The van der Waals surface area contributed by atoms with E-state index < -0.39 is 28.5 Å². The molecule has 7 nitrogen and oxygen atoms in total. The van der Waals surface area contributed by atoms with Crippen LogP contribution in [0.2, 0.25) is 5.02 Å². The molecule has 0 bridgehead atoms. The lowest BCUT2D eigenvalue weighted by atomic mass is 10.1. The first-order chi connectivity index (χ1) is 17.1. The number of amides is 2. The molecule has 0 saturated carbocycles. The van der Waals surface area contributed by atoms with Crippen molar-refractivity contribution >= 4 is 55.1 Å². The summed E-state index contributed by atoms with van der Waals surface area (Å²) in [5.74, 6) is -0.855. The highest BCUT2D eigenvalue weighted by atomic mass is 79.9. The molecule has 0 aliphatic carbocycles. The maximum absolute atomic E-state index is 13.7. The first kappa shape index (κ1) is 27.7. The Labute approximate surface area is 225 Å². The summed E-state index contributed by atoms with van der Waals surface area (Å²) in [6.07, 6.45) is 0. The Morgan fingerprint density at radius 3 is 2.17 bits per heavy atom. The molecule has 0 heterocycles. The Bertz CT molecular complexity index is 1290. The van der Waals surface area contributed by atoms with E-state index in [1.54, 1.807) is 80.6 Å². The van der Waals surface area contributed by atoms with Crippen LogP contribution in [0.3, 0.4) is 0 Å². The van der Waals surface area contributed by atoms with Gasteiger partial charge >= 0.3 is 0 Å². The molecule has 3 aromatic carbocycles. The van der Waals surface area contributed by atoms with E-state index in [1.165, 1.54) is 17.0 Å². The van der Waals surface area contributed by atoms with Crippen molar-refractivity contribution in [1.29, 1.82) is 0 Å². The van der Waals surface area contributed by atoms with Crippen molar-refractivity contribution in [3.05, 3.63) is 93.9 Å². The fourth-order valence-corrected chi connectivity index (χ4v) is 5.37. The van der Waals surface area contributed by atoms with Gasteiger partial charge in [-0.15, -0.1) is 0 Å². The number of benzene rings is 3. The maximum atomic E-state index is 13.7. The second-order valence-electron chi connectivity index (χ2n) is 8.02. The normalized spacial score (nSPS) is 12.0. The summed E-state index contributed by atoms with van der Waals surface area (Å²) in [5, 5.41) is 3.28. The highest BCUT2D eigenvalue weighted by molar-refractivity contribution is 9.10. The predicted molar refractivity (Wildman–Crippen MR) is 145 cm³/mol. The number of rotatable bonds is 10. The molecule has 0 fully saturated rings. The van der Waals surface area contributed by atoms with Gasteiger partial charge in [-0.3, -0.25) is 13.9 Å². The molecule has 10 heteroatoms. The minimum absolute atomic E-state index is 0.0572. The molecule has 1 N–H and O–H groups in total. The average Bonchev–Trinajstić information content (AvgIpc) is 2.87. The van der Waals surface area contributed by atoms with Crippen LogP contribution < -0.4 is 9.62 Å². The van der Waals surface area contributed by atoms with Crippen molar-refractivity contribution < 1.29 is 18.0 Å². The number of anilines is 1. The molecule has 0 aromatic heterocycles. The number of sulfonamides is 1. The summed E-state index contributed by atoms with van der Waals surface area (Å²) >= 11 is 9.36. The highest BCUT2D eigenvalue weighted by Gasteiger charge is 2.32. The zero-order chi connectivity index (χ0) is 26.3. The molecule has 36 heavy (non-hydrogen) atoms. The topological polar surface area (TPSA) is 86.8 Å². The van der Waals surface area contributed by atoms with Crippen LogP contribution in [0.4, 0.5) is 5.69 Å². The molecule has 3 aromatic rings. The van der Waals surface area contributed by atoms with Gasteiger partial charge in [-0.2, -0.15) is 0 Å². The van der Waals surface area contributed by atoms with Gasteiger partial charge in [-0.05, 0) is 67.9 Å². The van der Waals surface area contributed by atoms with E-state index in [2.05, 4.69) is 21.2 Å². The standard InChI is InChI=1S/C26H27BrClN3O4S/c1-3-29-26(33)19(2)30(17-20-9-13-22(28)14-10-20)25(32)18-31(23-15-11-21(27)12-16-23)36(34,35)24-7-5-4-6-8-24/h4-16,19H,3,17-18H2,1-2H3,(H,29,33).